The number of carbonyl (C=O) groups excluding carboxylic acids is 1. The topological polar surface area (TPSA) is 84.6 Å². The number of aryl methyl sites for hydroxylation is 2. The van der Waals surface area contributed by atoms with Gasteiger partial charge >= 0.3 is 5.69 Å². The molecule has 0 spiro atoms. The van der Waals surface area contributed by atoms with E-state index in [2.05, 4.69) is 4.90 Å². The van der Waals surface area contributed by atoms with Crippen molar-refractivity contribution in [3.8, 4) is 0 Å². The highest BCUT2D eigenvalue weighted by atomic mass is 32.2. The van der Waals surface area contributed by atoms with Gasteiger partial charge in [0.05, 0.1) is 22.5 Å². The third kappa shape index (κ3) is 4.18. The second kappa shape index (κ2) is 8.55. The van der Waals surface area contributed by atoms with Gasteiger partial charge in [-0.05, 0) is 25.0 Å². The van der Waals surface area contributed by atoms with E-state index in [1.165, 1.54) is 0 Å². The van der Waals surface area contributed by atoms with Crippen LogP contribution in [0.25, 0.3) is 11.0 Å². The predicted molar refractivity (Wildman–Crippen MR) is 116 cm³/mol. The molecule has 164 valence electrons. The Kier molecular flexibility index (Phi) is 6.02. The van der Waals surface area contributed by atoms with Crippen LogP contribution < -0.4 is 5.69 Å². The first-order valence-corrected chi connectivity index (χ1v) is 12.6. The summed E-state index contributed by atoms with van der Waals surface area (Å²) in [4.78, 5) is 29.7. The van der Waals surface area contributed by atoms with Gasteiger partial charge in [-0.1, -0.05) is 19.1 Å². The third-order valence-electron chi connectivity index (χ3n) is 6.31. The van der Waals surface area contributed by atoms with Crippen molar-refractivity contribution in [1.29, 1.82) is 0 Å². The minimum Gasteiger partial charge on any atom is -0.340 e. The summed E-state index contributed by atoms with van der Waals surface area (Å²) in [5, 5.41) is 0. The van der Waals surface area contributed by atoms with Crippen LogP contribution in [0.15, 0.2) is 29.1 Å². The van der Waals surface area contributed by atoms with Gasteiger partial charge in [-0.25, -0.2) is 13.2 Å². The molecule has 2 aliphatic heterocycles. The molecule has 2 saturated heterocycles. The van der Waals surface area contributed by atoms with Crippen LogP contribution in [0.3, 0.4) is 0 Å². The quantitative estimate of drug-likeness (QED) is 0.676. The lowest BCUT2D eigenvalue weighted by Crippen LogP contribution is -2.52. The molecule has 4 rings (SSSR count). The molecule has 2 aliphatic rings. The Bertz CT molecular complexity index is 1080. The molecule has 0 radical (unpaired) electrons. The Labute approximate surface area is 177 Å². The fourth-order valence-corrected chi connectivity index (χ4v) is 6.46. The first-order chi connectivity index (χ1) is 14.4. The number of imidazole rings is 1. The molecule has 1 aromatic carbocycles. The van der Waals surface area contributed by atoms with Crippen molar-refractivity contribution in [2.45, 2.75) is 45.3 Å². The number of piperazine rings is 1. The number of benzene rings is 1. The molecule has 30 heavy (non-hydrogen) atoms. The number of amides is 1. The van der Waals surface area contributed by atoms with E-state index in [-0.39, 0.29) is 35.6 Å². The average molecular weight is 435 g/mol. The first kappa shape index (κ1) is 21.1. The van der Waals surface area contributed by atoms with Gasteiger partial charge in [0.25, 0.3) is 0 Å². The maximum absolute atomic E-state index is 12.9. The van der Waals surface area contributed by atoms with E-state index in [9.17, 15) is 18.0 Å². The number of rotatable bonds is 6. The number of para-hydroxylation sites is 2. The molecule has 3 heterocycles. The summed E-state index contributed by atoms with van der Waals surface area (Å²) in [7, 11) is -2.89. The number of sulfone groups is 1. The van der Waals surface area contributed by atoms with Crippen molar-refractivity contribution in [1.82, 2.24) is 18.9 Å². The molecule has 8 nitrogen and oxygen atoms in total. The minimum absolute atomic E-state index is 0.0490. The third-order valence-corrected chi connectivity index (χ3v) is 8.06. The average Bonchev–Trinajstić information content (AvgIpc) is 3.24. The van der Waals surface area contributed by atoms with Crippen LogP contribution in [-0.4, -0.2) is 77.0 Å². The lowest BCUT2D eigenvalue weighted by Gasteiger charge is -2.37. The monoisotopic (exact) mass is 434 g/mol. The Morgan fingerprint density at radius 2 is 1.67 bits per heavy atom. The summed E-state index contributed by atoms with van der Waals surface area (Å²) in [5.41, 5.74) is 1.73. The number of fused-ring (bicyclic) bond motifs is 1. The molecular formula is C21H30N4O4S. The van der Waals surface area contributed by atoms with Gasteiger partial charge in [-0.15, -0.1) is 0 Å². The molecule has 1 aromatic heterocycles. The van der Waals surface area contributed by atoms with Crippen LogP contribution in [0.5, 0.6) is 0 Å². The smallest absolute Gasteiger partial charge is 0.329 e. The van der Waals surface area contributed by atoms with Gasteiger partial charge in [0.1, 0.15) is 0 Å². The van der Waals surface area contributed by atoms with Crippen molar-refractivity contribution in [2.24, 2.45) is 0 Å². The lowest BCUT2D eigenvalue weighted by atomic mass is 10.2. The van der Waals surface area contributed by atoms with Crippen LogP contribution in [-0.2, 0) is 27.7 Å². The molecule has 2 fully saturated rings. The highest BCUT2D eigenvalue weighted by Gasteiger charge is 2.34. The van der Waals surface area contributed by atoms with Gasteiger partial charge in [0.15, 0.2) is 9.84 Å². The number of hydrogen-bond acceptors (Lipinski definition) is 5. The molecule has 1 amide bonds. The summed E-state index contributed by atoms with van der Waals surface area (Å²) >= 11 is 0. The highest BCUT2D eigenvalue weighted by Crippen LogP contribution is 2.20. The van der Waals surface area contributed by atoms with E-state index in [1.807, 2.05) is 36.1 Å². The zero-order valence-corrected chi connectivity index (χ0v) is 18.3. The second-order valence-electron chi connectivity index (χ2n) is 8.30. The second-order valence-corrected chi connectivity index (χ2v) is 10.5. The van der Waals surface area contributed by atoms with Crippen LogP contribution in [0.4, 0.5) is 0 Å². The molecule has 1 atom stereocenters. The lowest BCUT2D eigenvalue weighted by molar-refractivity contribution is -0.133. The highest BCUT2D eigenvalue weighted by molar-refractivity contribution is 7.91. The summed E-state index contributed by atoms with van der Waals surface area (Å²) in [6.45, 7) is 5.73. The van der Waals surface area contributed by atoms with E-state index in [1.54, 1.807) is 9.13 Å². The van der Waals surface area contributed by atoms with Crippen molar-refractivity contribution in [2.75, 3.05) is 37.7 Å². The van der Waals surface area contributed by atoms with E-state index >= 15 is 0 Å². The molecular weight excluding hydrogens is 404 g/mol. The number of nitrogens with zero attached hydrogens (tertiary/aromatic N) is 4. The fraction of sp³-hybridized carbons (Fsp3) is 0.619. The molecule has 9 heteroatoms. The Balaban J connectivity index is 1.37. The van der Waals surface area contributed by atoms with Crippen LogP contribution >= 0.6 is 0 Å². The standard InChI is InChI=1S/C21H30N4O4S/c1-2-9-24-18-5-3-4-6-19(18)25(21(24)27)10-7-20(26)23-13-11-22(12-14-23)17-8-15-30(28,29)16-17/h3-6,17H,2,7-16H2,1H3. The van der Waals surface area contributed by atoms with Crippen molar-refractivity contribution in [3.63, 3.8) is 0 Å². The normalized spacial score (nSPS) is 22.0. The zero-order valence-electron chi connectivity index (χ0n) is 17.5. The van der Waals surface area contributed by atoms with Gasteiger partial charge in [-0.2, -0.15) is 0 Å². The Morgan fingerprint density at radius 3 is 2.23 bits per heavy atom. The Morgan fingerprint density at radius 1 is 1.03 bits per heavy atom. The van der Waals surface area contributed by atoms with Gasteiger partial charge in [0, 0.05) is 51.7 Å². The van der Waals surface area contributed by atoms with E-state index in [4.69, 9.17) is 0 Å². The summed E-state index contributed by atoms with van der Waals surface area (Å²) < 4.78 is 26.9. The van der Waals surface area contributed by atoms with Gasteiger partial charge in [0.2, 0.25) is 5.91 Å². The zero-order chi connectivity index (χ0) is 21.3. The number of hydrogen-bond donors (Lipinski definition) is 0. The first-order valence-electron chi connectivity index (χ1n) is 10.8. The molecule has 0 N–H and O–H groups in total. The largest absolute Gasteiger partial charge is 0.340 e. The minimum atomic E-state index is -2.89. The predicted octanol–water partition coefficient (Wildman–Crippen LogP) is 0.934. The van der Waals surface area contributed by atoms with E-state index in [0.29, 0.717) is 45.7 Å². The van der Waals surface area contributed by atoms with Gasteiger partial charge < -0.3 is 4.90 Å². The fourth-order valence-electron chi connectivity index (χ4n) is 4.69. The maximum atomic E-state index is 12.9. The maximum Gasteiger partial charge on any atom is 0.329 e. The Hall–Kier alpha value is -2.13. The SMILES string of the molecule is CCCn1c(=O)n(CCC(=O)N2CCN(C3CCS(=O)(=O)C3)CC2)c2ccccc21. The summed E-state index contributed by atoms with van der Waals surface area (Å²) in [6, 6.07) is 7.82. The molecule has 0 saturated carbocycles. The molecule has 0 bridgehead atoms. The molecule has 0 aliphatic carbocycles. The summed E-state index contributed by atoms with van der Waals surface area (Å²) in [5.74, 6) is 0.566. The van der Waals surface area contributed by atoms with Crippen LogP contribution in [0.2, 0.25) is 0 Å². The number of aromatic nitrogens is 2. The van der Waals surface area contributed by atoms with Crippen molar-refractivity contribution in [3.05, 3.63) is 34.7 Å². The number of carbonyl (C=O) groups is 1. The molecule has 2 aromatic rings. The van der Waals surface area contributed by atoms with E-state index < -0.39 is 9.84 Å². The van der Waals surface area contributed by atoms with Gasteiger partial charge in [-0.3, -0.25) is 18.8 Å². The van der Waals surface area contributed by atoms with Crippen molar-refractivity contribution < 1.29 is 13.2 Å². The summed E-state index contributed by atoms with van der Waals surface area (Å²) in [6.07, 6.45) is 1.86. The van der Waals surface area contributed by atoms with Crippen LogP contribution in [0, 0.1) is 0 Å². The molecule has 1 unspecified atom stereocenters. The van der Waals surface area contributed by atoms with Crippen LogP contribution in [0.1, 0.15) is 26.2 Å². The van der Waals surface area contributed by atoms with Crippen molar-refractivity contribution >= 4 is 26.8 Å². The van der Waals surface area contributed by atoms with E-state index in [0.717, 1.165) is 17.5 Å².